The SMILES string of the molecule is NC(=O)c1cc(N)cc(Cl)c1NC1CCC(=O)NC1=O. The minimum absolute atomic E-state index is 0.0969. The first-order chi connectivity index (χ1) is 9.38. The number of imide groups is 1. The van der Waals surface area contributed by atoms with Crippen molar-refractivity contribution in [2.45, 2.75) is 18.9 Å². The molecule has 1 aliphatic rings. The average Bonchev–Trinajstić information content (AvgIpc) is 2.34. The number of amides is 3. The van der Waals surface area contributed by atoms with Crippen molar-refractivity contribution in [2.24, 2.45) is 5.73 Å². The molecule has 0 bridgehead atoms. The van der Waals surface area contributed by atoms with Crippen LogP contribution in [0, 0.1) is 0 Å². The molecular formula is C12H13ClN4O3. The van der Waals surface area contributed by atoms with E-state index in [-0.39, 0.29) is 34.3 Å². The lowest BCUT2D eigenvalue weighted by Crippen LogP contribution is -2.47. The van der Waals surface area contributed by atoms with Gasteiger partial charge in [0.05, 0.1) is 16.3 Å². The highest BCUT2D eigenvalue weighted by Gasteiger charge is 2.28. The number of rotatable bonds is 3. The minimum atomic E-state index is -0.714. The summed E-state index contributed by atoms with van der Waals surface area (Å²) in [6.07, 6.45) is 0.519. The van der Waals surface area contributed by atoms with Crippen LogP contribution in [0.2, 0.25) is 5.02 Å². The topological polar surface area (TPSA) is 127 Å². The highest BCUT2D eigenvalue weighted by atomic mass is 35.5. The second-order valence-corrected chi connectivity index (χ2v) is 4.84. The third-order valence-corrected chi connectivity index (χ3v) is 3.23. The van der Waals surface area contributed by atoms with E-state index in [4.69, 9.17) is 23.1 Å². The van der Waals surface area contributed by atoms with E-state index in [0.717, 1.165) is 0 Å². The van der Waals surface area contributed by atoms with Gasteiger partial charge in [-0.15, -0.1) is 0 Å². The van der Waals surface area contributed by atoms with Gasteiger partial charge in [-0.25, -0.2) is 0 Å². The molecule has 1 aliphatic heterocycles. The number of nitrogen functional groups attached to an aromatic ring is 1. The van der Waals surface area contributed by atoms with Crippen molar-refractivity contribution in [1.82, 2.24) is 5.32 Å². The van der Waals surface area contributed by atoms with E-state index in [1.807, 2.05) is 0 Å². The molecule has 2 rings (SSSR count). The third kappa shape index (κ3) is 2.83. The molecule has 20 heavy (non-hydrogen) atoms. The highest BCUT2D eigenvalue weighted by Crippen LogP contribution is 2.30. The molecule has 1 unspecified atom stereocenters. The molecule has 1 aromatic rings. The number of primary amides is 1. The molecule has 1 heterocycles. The van der Waals surface area contributed by atoms with E-state index in [1.165, 1.54) is 12.1 Å². The number of carbonyl (C=O) groups is 3. The van der Waals surface area contributed by atoms with Crippen molar-refractivity contribution in [3.8, 4) is 0 Å². The van der Waals surface area contributed by atoms with E-state index in [9.17, 15) is 14.4 Å². The molecule has 1 atom stereocenters. The molecule has 8 heteroatoms. The van der Waals surface area contributed by atoms with Gasteiger partial charge in [0.1, 0.15) is 6.04 Å². The normalized spacial score (nSPS) is 18.6. The van der Waals surface area contributed by atoms with Crippen molar-refractivity contribution in [3.63, 3.8) is 0 Å². The smallest absolute Gasteiger partial charge is 0.250 e. The van der Waals surface area contributed by atoms with Gasteiger partial charge in [0.25, 0.3) is 5.91 Å². The standard InChI is InChI=1S/C12H13ClN4O3/c13-7-4-5(14)3-6(11(15)19)10(7)16-8-1-2-9(18)17-12(8)20/h3-4,8,16H,1-2,14H2,(H2,15,19)(H,17,18,20). The van der Waals surface area contributed by atoms with Crippen LogP contribution < -0.4 is 22.1 Å². The van der Waals surface area contributed by atoms with E-state index in [2.05, 4.69) is 10.6 Å². The molecule has 0 saturated carbocycles. The zero-order chi connectivity index (χ0) is 14.9. The molecule has 0 radical (unpaired) electrons. The van der Waals surface area contributed by atoms with Gasteiger partial charge in [-0.05, 0) is 18.6 Å². The predicted octanol–water partition coefficient (Wildman–Crippen LogP) is 0.238. The molecule has 1 aromatic carbocycles. The Morgan fingerprint density at radius 3 is 2.70 bits per heavy atom. The Hall–Kier alpha value is -2.28. The first-order valence-electron chi connectivity index (χ1n) is 5.87. The van der Waals surface area contributed by atoms with Gasteiger partial charge in [-0.3, -0.25) is 19.7 Å². The number of hydrogen-bond donors (Lipinski definition) is 4. The average molecular weight is 297 g/mol. The molecule has 0 aliphatic carbocycles. The Kier molecular flexibility index (Phi) is 3.80. The predicted molar refractivity (Wildman–Crippen MR) is 74.2 cm³/mol. The molecule has 7 nitrogen and oxygen atoms in total. The summed E-state index contributed by atoms with van der Waals surface area (Å²) in [6.45, 7) is 0. The zero-order valence-electron chi connectivity index (χ0n) is 10.4. The van der Waals surface area contributed by atoms with Crippen LogP contribution in [-0.4, -0.2) is 23.8 Å². The number of hydrogen-bond acceptors (Lipinski definition) is 5. The van der Waals surface area contributed by atoms with Gasteiger partial charge in [-0.1, -0.05) is 11.6 Å². The lowest BCUT2D eigenvalue weighted by Gasteiger charge is -2.24. The lowest BCUT2D eigenvalue weighted by molar-refractivity contribution is -0.133. The first kappa shape index (κ1) is 14.1. The van der Waals surface area contributed by atoms with Gasteiger partial charge in [0.2, 0.25) is 11.8 Å². The maximum atomic E-state index is 11.7. The van der Waals surface area contributed by atoms with Gasteiger partial charge in [-0.2, -0.15) is 0 Å². The van der Waals surface area contributed by atoms with Gasteiger partial charge in [0.15, 0.2) is 0 Å². The van der Waals surface area contributed by atoms with Crippen molar-refractivity contribution < 1.29 is 14.4 Å². The minimum Gasteiger partial charge on any atom is -0.399 e. The molecule has 6 N–H and O–H groups in total. The Morgan fingerprint density at radius 2 is 2.10 bits per heavy atom. The van der Waals surface area contributed by atoms with Gasteiger partial charge >= 0.3 is 0 Å². The van der Waals surface area contributed by atoms with Gasteiger partial charge in [0, 0.05) is 12.1 Å². The molecule has 0 spiro atoms. The van der Waals surface area contributed by atoms with Gasteiger partial charge < -0.3 is 16.8 Å². The molecular weight excluding hydrogens is 284 g/mol. The molecule has 1 saturated heterocycles. The summed E-state index contributed by atoms with van der Waals surface area (Å²) in [5.74, 6) is -1.51. The fraction of sp³-hybridized carbons (Fsp3) is 0.250. The Bertz CT molecular complexity index is 603. The fourth-order valence-corrected chi connectivity index (χ4v) is 2.26. The van der Waals surface area contributed by atoms with E-state index >= 15 is 0 Å². The van der Waals surface area contributed by atoms with Crippen LogP contribution in [0.25, 0.3) is 0 Å². The van der Waals surface area contributed by atoms with E-state index in [0.29, 0.717) is 6.42 Å². The number of benzene rings is 1. The quantitative estimate of drug-likeness (QED) is 0.469. The Balaban J connectivity index is 2.31. The van der Waals surface area contributed by atoms with Crippen LogP contribution in [0.4, 0.5) is 11.4 Å². The molecule has 3 amide bonds. The monoisotopic (exact) mass is 296 g/mol. The summed E-state index contributed by atoms with van der Waals surface area (Å²) in [5, 5.41) is 5.23. The van der Waals surface area contributed by atoms with Crippen LogP contribution >= 0.6 is 11.6 Å². The Morgan fingerprint density at radius 1 is 1.40 bits per heavy atom. The van der Waals surface area contributed by atoms with E-state index in [1.54, 1.807) is 0 Å². The number of nitrogens with two attached hydrogens (primary N) is 2. The van der Waals surface area contributed by atoms with E-state index < -0.39 is 17.9 Å². The summed E-state index contributed by atoms with van der Waals surface area (Å²) in [6, 6.07) is 2.16. The summed E-state index contributed by atoms with van der Waals surface area (Å²) >= 11 is 6.03. The van der Waals surface area contributed by atoms with Crippen molar-refractivity contribution >= 4 is 40.7 Å². The van der Waals surface area contributed by atoms with Crippen LogP contribution in [0.15, 0.2) is 12.1 Å². The summed E-state index contributed by atoms with van der Waals surface area (Å²) < 4.78 is 0. The largest absolute Gasteiger partial charge is 0.399 e. The van der Waals surface area contributed by atoms with Crippen molar-refractivity contribution in [2.75, 3.05) is 11.1 Å². The number of carbonyl (C=O) groups excluding carboxylic acids is 3. The summed E-state index contributed by atoms with van der Waals surface area (Å²) in [4.78, 5) is 34.2. The first-order valence-corrected chi connectivity index (χ1v) is 6.25. The molecule has 0 aromatic heterocycles. The van der Waals surface area contributed by atoms with Crippen LogP contribution in [-0.2, 0) is 9.59 Å². The maximum Gasteiger partial charge on any atom is 0.250 e. The summed E-state index contributed by atoms with van der Waals surface area (Å²) in [5.41, 5.74) is 11.5. The number of nitrogens with one attached hydrogen (secondary N) is 2. The van der Waals surface area contributed by atoms with Crippen LogP contribution in [0.1, 0.15) is 23.2 Å². The second kappa shape index (κ2) is 5.38. The fourth-order valence-electron chi connectivity index (χ4n) is 1.97. The maximum absolute atomic E-state index is 11.7. The molecule has 106 valence electrons. The zero-order valence-corrected chi connectivity index (χ0v) is 11.2. The third-order valence-electron chi connectivity index (χ3n) is 2.94. The lowest BCUT2D eigenvalue weighted by atomic mass is 10.0. The number of anilines is 2. The Labute approximate surface area is 119 Å². The van der Waals surface area contributed by atoms with Crippen molar-refractivity contribution in [1.29, 1.82) is 0 Å². The van der Waals surface area contributed by atoms with Crippen molar-refractivity contribution in [3.05, 3.63) is 22.7 Å². The highest BCUT2D eigenvalue weighted by molar-refractivity contribution is 6.34. The molecule has 1 fully saturated rings. The number of piperidine rings is 1. The van der Waals surface area contributed by atoms with Crippen LogP contribution in [0.5, 0.6) is 0 Å². The summed E-state index contributed by atoms with van der Waals surface area (Å²) in [7, 11) is 0. The number of halogens is 1. The van der Waals surface area contributed by atoms with Crippen LogP contribution in [0.3, 0.4) is 0 Å². The second-order valence-electron chi connectivity index (χ2n) is 4.44.